The van der Waals surface area contributed by atoms with Crippen LogP contribution >= 0.6 is 0 Å². The second-order valence-corrected chi connectivity index (χ2v) is 11.0. The quantitative estimate of drug-likeness (QED) is 0.166. The molecule has 0 radical (unpaired) electrons. The monoisotopic (exact) mass is 557 g/mol. The smallest absolute Gasteiger partial charge is 0.257 e. The zero-order valence-corrected chi connectivity index (χ0v) is 23.4. The Morgan fingerprint density at radius 1 is 0.643 bits per heavy atom. The van der Waals surface area contributed by atoms with Gasteiger partial charge in [-0.05, 0) is 65.1 Å². The van der Waals surface area contributed by atoms with Crippen LogP contribution < -0.4 is 16.0 Å². The van der Waals surface area contributed by atoms with Gasteiger partial charge in [0.25, 0.3) is 11.8 Å². The molecule has 0 heterocycles. The van der Waals surface area contributed by atoms with Crippen molar-refractivity contribution in [3.63, 3.8) is 0 Å². The third-order valence-corrected chi connectivity index (χ3v) is 7.08. The number of ketones is 2. The molecule has 1 fully saturated rings. The molecule has 1 saturated carbocycles. The molecule has 0 unspecified atom stereocenters. The SMILES string of the molecule is CC1(C)CC(=O)C(=CNc2ccc(-c3ccc(NC(=O)c4ccccc4NC(=O)c4ccccc4)cc3)cc2)C(=O)C1. The number of nitrogens with one attached hydrogen (secondary N) is 3. The highest BCUT2D eigenvalue weighted by Gasteiger charge is 2.35. The van der Waals surface area contributed by atoms with Crippen LogP contribution in [0.25, 0.3) is 11.1 Å². The van der Waals surface area contributed by atoms with Crippen molar-refractivity contribution in [2.75, 3.05) is 16.0 Å². The lowest BCUT2D eigenvalue weighted by molar-refractivity contribution is -0.127. The summed E-state index contributed by atoms with van der Waals surface area (Å²) in [4.78, 5) is 50.5. The van der Waals surface area contributed by atoms with Gasteiger partial charge >= 0.3 is 0 Å². The molecule has 0 aliphatic heterocycles. The van der Waals surface area contributed by atoms with Crippen molar-refractivity contribution in [2.45, 2.75) is 26.7 Å². The summed E-state index contributed by atoms with van der Waals surface area (Å²) in [5, 5.41) is 8.80. The predicted molar refractivity (Wildman–Crippen MR) is 165 cm³/mol. The molecule has 3 N–H and O–H groups in total. The maximum atomic E-state index is 13.1. The van der Waals surface area contributed by atoms with Gasteiger partial charge in [-0.1, -0.05) is 68.4 Å². The molecule has 2 amide bonds. The van der Waals surface area contributed by atoms with Crippen molar-refractivity contribution in [3.05, 3.63) is 126 Å². The summed E-state index contributed by atoms with van der Waals surface area (Å²) in [5.74, 6) is -0.895. The van der Waals surface area contributed by atoms with Gasteiger partial charge < -0.3 is 16.0 Å². The van der Waals surface area contributed by atoms with Crippen LogP contribution in [0.2, 0.25) is 0 Å². The molecule has 0 aromatic heterocycles. The highest BCUT2D eigenvalue weighted by atomic mass is 16.2. The zero-order valence-electron chi connectivity index (χ0n) is 23.4. The third kappa shape index (κ3) is 6.70. The van der Waals surface area contributed by atoms with Crippen LogP contribution in [0.5, 0.6) is 0 Å². The summed E-state index contributed by atoms with van der Waals surface area (Å²) in [6.07, 6.45) is 2.23. The maximum absolute atomic E-state index is 13.1. The van der Waals surface area contributed by atoms with E-state index in [4.69, 9.17) is 0 Å². The van der Waals surface area contributed by atoms with E-state index >= 15 is 0 Å². The summed E-state index contributed by atoms with van der Waals surface area (Å²) in [7, 11) is 0. The van der Waals surface area contributed by atoms with Gasteiger partial charge in [0.05, 0.1) is 16.8 Å². The predicted octanol–water partition coefficient (Wildman–Crippen LogP) is 7.11. The molecule has 5 rings (SSSR count). The van der Waals surface area contributed by atoms with Crippen LogP contribution in [0, 0.1) is 5.41 Å². The van der Waals surface area contributed by atoms with Crippen LogP contribution in [-0.4, -0.2) is 23.4 Å². The number of anilines is 3. The van der Waals surface area contributed by atoms with Gasteiger partial charge in [0, 0.05) is 36.0 Å². The number of para-hydroxylation sites is 1. The van der Waals surface area contributed by atoms with E-state index in [1.54, 1.807) is 48.5 Å². The number of Topliss-reactive ketones (excluding diaryl/α,β-unsaturated/α-hetero) is 2. The van der Waals surface area contributed by atoms with Crippen molar-refractivity contribution in [3.8, 4) is 11.1 Å². The fourth-order valence-electron chi connectivity index (χ4n) is 4.87. The minimum absolute atomic E-state index is 0.132. The van der Waals surface area contributed by atoms with E-state index in [1.165, 1.54) is 6.20 Å². The van der Waals surface area contributed by atoms with E-state index in [2.05, 4.69) is 16.0 Å². The van der Waals surface area contributed by atoms with E-state index in [1.807, 2.05) is 68.4 Å². The Balaban J connectivity index is 1.22. The van der Waals surface area contributed by atoms with Crippen molar-refractivity contribution in [1.82, 2.24) is 0 Å². The van der Waals surface area contributed by atoms with Gasteiger partial charge in [0.15, 0.2) is 11.6 Å². The van der Waals surface area contributed by atoms with Crippen molar-refractivity contribution < 1.29 is 19.2 Å². The Bertz CT molecular complexity index is 1650. The molecule has 4 aromatic carbocycles. The molecular formula is C35H31N3O4. The lowest BCUT2D eigenvalue weighted by Crippen LogP contribution is -2.31. The number of hydrogen-bond acceptors (Lipinski definition) is 5. The summed E-state index contributed by atoms with van der Waals surface area (Å²) in [5.41, 5.74) is 4.49. The molecule has 1 aliphatic carbocycles. The highest BCUT2D eigenvalue weighted by molar-refractivity contribution is 6.22. The Hall–Kier alpha value is -5.30. The molecule has 1 aliphatic rings. The minimum Gasteiger partial charge on any atom is -0.361 e. The number of hydrogen-bond donors (Lipinski definition) is 3. The summed E-state index contributed by atoms with van der Waals surface area (Å²) < 4.78 is 0. The van der Waals surface area contributed by atoms with Crippen molar-refractivity contribution in [2.24, 2.45) is 5.41 Å². The van der Waals surface area contributed by atoms with Gasteiger partial charge in [-0.3, -0.25) is 19.2 Å². The number of benzene rings is 4. The number of rotatable bonds is 7. The van der Waals surface area contributed by atoms with Gasteiger partial charge in [0.2, 0.25) is 0 Å². The molecule has 42 heavy (non-hydrogen) atoms. The lowest BCUT2D eigenvalue weighted by atomic mass is 9.74. The molecule has 7 nitrogen and oxygen atoms in total. The number of carbonyl (C=O) groups excluding carboxylic acids is 4. The van der Waals surface area contributed by atoms with Gasteiger partial charge in [-0.15, -0.1) is 0 Å². The van der Waals surface area contributed by atoms with Gasteiger partial charge in [-0.25, -0.2) is 0 Å². The van der Waals surface area contributed by atoms with Crippen LogP contribution in [0.3, 0.4) is 0 Å². The average Bonchev–Trinajstić information content (AvgIpc) is 2.97. The number of carbonyl (C=O) groups is 4. The van der Waals surface area contributed by atoms with E-state index in [0.29, 0.717) is 35.3 Å². The molecule has 0 atom stereocenters. The largest absolute Gasteiger partial charge is 0.361 e. The van der Waals surface area contributed by atoms with Crippen LogP contribution in [0.1, 0.15) is 47.4 Å². The number of allylic oxidation sites excluding steroid dienone is 1. The Morgan fingerprint density at radius 2 is 1.19 bits per heavy atom. The van der Waals surface area contributed by atoms with Crippen LogP contribution in [0.15, 0.2) is 115 Å². The summed E-state index contributed by atoms with van der Waals surface area (Å²) in [6, 6.07) is 30.8. The van der Waals surface area contributed by atoms with Crippen molar-refractivity contribution >= 4 is 40.4 Å². The summed E-state index contributed by atoms with van der Waals surface area (Å²) in [6.45, 7) is 3.86. The fraction of sp³-hybridized carbons (Fsp3) is 0.143. The first kappa shape index (κ1) is 28.2. The number of amides is 2. The summed E-state index contributed by atoms with van der Waals surface area (Å²) >= 11 is 0. The average molecular weight is 558 g/mol. The second-order valence-electron chi connectivity index (χ2n) is 11.0. The normalized spacial score (nSPS) is 14.2. The molecule has 210 valence electrons. The maximum Gasteiger partial charge on any atom is 0.257 e. The second kappa shape index (κ2) is 12.1. The highest BCUT2D eigenvalue weighted by Crippen LogP contribution is 2.33. The molecule has 0 bridgehead atoms. The van der Waals surface area contributed by atoms with Gasteiger partial charge in [-0.2, -0.15) is 0 Å². The van der Waals surface area contributed by atoms with E-state index in [9.17, 15) is 19.2 Å². The third-order valence-electron chi connectivity index (χ3n) is 7.08. The molecule has 7 heteroatoms. The minimum atomic E-state index is -0.338. The van der Waals surface area contributed by atoms with E-state index < -0.39 is 0 Å². The van der Waals surface area contributed by atoms with Crippen LogP contribution in [0.4, 0.5) is 17.1 Å². The fourth-order valence-corrected chi connectivity index (χ4v) is 4.87. The van der Waals surface area contributed by atoms with E-state index in [-0.39, 0.29) is 34.4 Å². The van der Waals surface area contributed by atoms with Crippen molar-refractivity contribution in [1.29, 1.82) is 0 Å². The van der Waals surface area contributed by atoms with E-state index in [0.717, 1.165) is 16.8 Å². The molecule has 0 spiro atoms. The standard InChI is InChI=1S/C35H31N3O4/c1-35(2)20-31(39)29(32(40)21-35)22-36-26-16-12-23(13-17-26)24-14-18-27(19-15-24)37-34(42)28-10-6-7-11-30(28)38-33(41)25-8-4-3-5-9-25/h3-19,22,36H,20-21H2,1-2H3,(H,37,42)(H,38,41). The molecule has 4 aromatic rings. The molecular weight excluding hydrogens is 526 g/mol. The Kier molecular flexibility index (Phi) is 8.11. The van der Waals surface area contributed by atoms with Crippen LogP contribution in [-0.2, 0) is 9.59 Å². The zero-order chi connectivity index (χ0) is 29.7. The Labute approximate surface area is 244 Å². The Morgan fingerprint density at radius 3 is 1.81 bits per heavy atom. The lowest BCUT2D eigenvalue weighted by Gasteiger charge is -2.28. The first-order valence-electron chi connectivity index (χ1n) is 13.7. The first-order valence-corrected chi connectivity index (χ1v) is 13.7. The van der Waals surface area contributed by atoms with Gasteiger partial charge in [0.1, 0.15) is 0 Å². The first-order chi connectivity index (χ1) is 20.2. The molecule has 0 saturated heterocycles. The topological polar surface area (TPSA) is 104 Å².